The molecule has 0 aliphatic carbocycles. The highest BCUT2D eigenvalue weighted by Gasteiger charge is 2.15. The summed E-state index contributed by atoms with van der Waals surface area (Å²) in [5.74, 6) is -0.459. The van der Waals surface area contributed by atoms with Crippen molar-refractivity contribution in [2.45, 2.75) is 6.54 Å². The number of hydrogen-bond acceptors (Lipinski definition) is 6. The van der Waals surface area contributed by atoms with E-state index >= 15 is 0 Å². The van der Waals surface area contributed by atoms with Gasteiger partial charge in [0.15, 0.2) is 0 Å². The number of carbonyl (C=O) groups is 1. The molecule has 0 atom stereocenters. The summed E-state index contributed by atoms with van der Waals surface area (Å²) in [6.07, 6.45) is 2.97. The first kappa shape index (κ1) is 13.8. The number of nitrogens with zero attached hydrogens (tertiary/aromatic N) is 4. The van der Waals surface area contributed by atoms with Crippen molar-refractivity contribution >= 4 is 34.4 Å². The van der Waals surface area contributed by atoms with Crippen molar-refractivity contribution in [3.63, 3.8) is 0 Å². The predicted molar refractivity (Wildman–Crippen MR) is 77.0 cm³/mol. The second-order valence-corrected chi connectivity index (χ2v) is 5.81. The molecule has 9 heteroatoms. The number of ether oxygens (including phenoxy) is 1. The van der Waals surface area contributed by atoms with E-state index in [0.29, 0.717) is 20.3 Å². The number of methoxy groups -OCH3 is 1. The standard InChI is InChI=1S/C12H9ClN4O3S/c1-20-12(19)9-4-7(10(13)21-9)5-16-11(18)8-2-3-14-17(8)6-15-16/h2-4,6H,5H2,1H3. The highest BCUT2D eigenvalue weighted by atomic mass is 35.5. The zero-order valence-corrected chi connectivity index (χ0v) is 12.4. The van der Waals surface area contributed by atoms with E-state index in [1.54, 1.807) is 12.1 Å². The Morgan fingerprint density at radius 2 is 2.29 bits per heavy atom. The highest BCUT2D eigenvalue weighted by molar-refractivity contribution is 7.18. The van der Waals surface area contributed by atoms with Crippen LogP contribution in [0.3, 0.4) is 0 Å². The summed E-state index contributed by atoms with van der Waals surface area (Å²) < 4.78 is 7.74. The minimum atomic E-state index is -0.459. The Morgan fingerprint density at radius 1 is 1.48 bits per heavy atom. The Hall–Kier alpha value is -2.19. The van der Waals surface area contributed by atoms with E-state index in [0.717, 1.165) is 11.3 Å². The van der Waals surface area contributed by atoms with Gasteiger partial charge >= 0.3 is 5.97 Å². The van der Waals surface area contributed by atoms with E-state index in [-0.39, 0.29) is 12.1 Å². The lowest BCUT2D eigenvalue weighted by atomic mass is 10.3. The molecule has 0 amide bonds. The molecule has 0 bridgehead atoms. The molecule has 0 spiro atoms. The minimum absolute atomic E-state index is 0.173. The molecular formula is C12H9ClN4O3S. The Kier molecular flexibility index (Phi) is 3.48. The van der Waals surface area contributed by atoms with Crippen LogP contribution in [0.25, 0.3) is 5.52 Å². The Balaban J connectivity index is 1.98. The van der Waals surface area contributed by atoms with E-state index in [1.165, 1.54) is 28.8 Å². The van der Waals surface area contributed by atoms with Gasteiger partial charge in [-0.15, -0.1) is 11.3 Å². The molecule has 0 N–H and O–H groups in total. The van der Waals surface area contributed by atoms with Gasteiger partial charge in [0, 0.05) is 5.56 Å². The molecule has 0 aliphatic rings. The smallest absolute Gasteiger partial charge is 0.348 e. The first-order valence-electron chi connectivity index (χ1n) is 5.86. The van der Waals surface area contributed by atoms with E-state index in [4.69, 9.17) is 11.6 Å². The third kappa shape index (κ3) is 2.43. The van der Waals surface area contributed by atoms with Gasteiger partial charge in [-0.1, -0.05) is 11.6 Å². The lowest BCUT2D eigenvalue weighted by molar-refractivity contribution is 0.0606. The van der Waals surface area contributed by atoms with Crippen molar-refractivity contribution in [2.75, 3.05) is 7.11 Å². The Morgan fingerprint density at radius 3 is 3.05 bits per heavy atom. The van der Waals surface area contributed by atoms with Gasteiger partial charge in [-0.2, -0.15) is 10.2 Å². The van der Waals surface area contributed by atoms with E-state index in [2.05, 4.69) is 14.9 Å². The molecule has 0 aromatic carbocycles. The molecule has 7 nitrogen and oxygen atoms in total. The highest BCUT2D eigenvalue weighted by Crippen LogP contribution is 2.28. The summed E-state index contributed by atoms with van der Waals surface area (Å²) in [6, 6.07) is 3.21. The van der Waals surface area contributed by atoms with Crippen LogP contribution in [0.4, 0.5) is 0 Å². The summed E-state index contributed by atoms with van der Waals surface area (Å²) in [6.45, 7) is 0.173. The molecule has 0 saturated carbocycles. The molecule has 0 saturated heterocycles. The van der Waals surface area contributed by atoms with Crippen LogP contribution < -0.4 is 5.56 Å². The van der Waals surface area contributed by atoms with Crippen molar-refractivity contribution in [2.24, 2.45) is 0 Å². The number of hydrogen-bond donors (Lipinski definition) is 0. The van der Waals surface area contributed by atoms with Crippen LogP contribution in [0.5, 0.6) is 0 Å². The van der Waals surface area contributed by atoms with Gasteiger partial charge < -0.3 is 4.74 Å². The average molecular weight is 325 g/mol. The van der Waals surface area contributed by atoms with Crippen LogP contribution in [0.2, 0.25) is 4.34 Å². The van der Waals surface area contributed by atoms with Crippen LogP contribution in [0, 0.1) is 0 Å². The van der Waals surface area contributed by atoms with Crippen molar-refractivity contribution < 1.29 is 9.53 Å². The molecule has 21 heavy (non-hydrogen) atoms. The van der Waals surface area contributed by atoms with Crippen LogP contribution in [-0.2, 0) is 11.3 Å². The Labute approximate surface area is 127 Å². The van der Waals surface area contributed by atoms with Crippen LogP contribution in [0.1, 0.15) is 15.2 Å². The predicted octanol–water partition coefficient (Wildman–Crippen LogP) is 1.44. The molecule has 0 unspecified atom stereocenters. The second kappa shape index (κ2) is 5.30. The first-order chi connectivity index (χ1) is 10.1. The maximum absolute atomic E-state index is 12.2. The minimum Gasteiger partial charge on any atom is -0.465 e. The topological polar surface area (TPSA) is 78.5 Å². The van der Waals surface area contributed by atoms with Gasteiger partial charge in [0.1, 0.15) is 16.7 Å². The quantitative estimate of drug-likeness (QED) is 0.681. The SMILES string of the molecule is COC(=O)c1cc(Cn2ncn3nccc3c2=O)c(Cl)s1. The molecule has 0 aliphatic heterocycles. The maximum atomic E-state index is 12.2. The molecule has 3 aromatic rings. The van der Waals surface area contributed by atoms with Crippen molar-refractivity contribution in [1.82, 2.24) is 19.4 Å². The van der Waals surface area contributed by atoms with Crippen molar-refractivity contribution in [1.29, 1.82) is 0 Å². The van der Waals surface area contributed by atoms with Gasteiger partial charge in [-0.05, 0) is 12.1 Å². The van der Waals surface area contributed by atoms with E-state index in [1.807, 2.05) is 0 Å². The number of halogens is 1. The first-order valence-corrected chi connectivity index (χ1v) is 7.05. The maximum Gasteiger partial charge on any atom is 0.348 e. The number of fused-ring (bicyclic) bond motifs is 1. The zero-order chi connectivity index (χ0) is 15.0. The van der Waals surface area contributed by atoms with Crippen LogP contribution >= 0.6 is 22.9 Å². The van der Waals surface area contributed by atoms with Gasteiger partial charge in [-0.25, -0.2) is 14.0 Å². The summed E-state index contributed by atoms with van der Waals surface area (Å²) >= 11 is 7.20. The van der Waals surface area contributed by atoms with Crippen LogP contribution in [-0.4, -0.2) is 32.5 Å². The molecule has 0 fully saturated rings. The second-order valence-electron chi connectivity index (χ2n) is 4.16. The lowest BCUT2D eigenvalue weighted by Crippen LogP contribution is -2.25. The average Bonchev–Trinajstić information content (AvgIpc) is 3.09. The number of aromatic nitrogens is 4. The lowest BCUT2D eigenvalue weighted by Gasteiger charge is -2.03. The summed E-state index contributed by atoms with van der Waals surface area (Å²) in [7, 11) is 1.30. The number of esters is 1. The van der Waals surface area contributed by atoms with Gasteiger partial charge in [-0.3, -0.25) is 4.79 Å². The third-order valence-corrected chi connectivity index (χ3v) is 4.31. The molecule has 3 heterocycles. The number of rotatable bonds is 3. The molecular weight excluding hydrogens is 316 g/mol. The fourth-order valence-electron chi connectivity index (χ4n) is 1.86. The molecule has 0 radical (unpaired) electrons. The van der Waals surface area contributed by atoms with Gasteiger partial charge in [0.05, 0.1) is 24.2 Å². The molecule has 3 rings (SSSR count). The fourth-order valence-corrected chi connectivity index (χ4v) is 3.04. The number of carbonyl (C=O) groups excluding carboxylic acids is 1. The fraction of sp³-hybridized carbons (Fsp3) is 0.167. The van der Waals surface area contributed by atoms with E-state index in [9.17, 15) is 9.59 Å². The monoisotopic (exact) mass is 324 g/mol. The van der Waals surface area contributed by atoms with Crippen molar-refractivity contribution in [3.8, 4) is 0 Å². The summed E-state index contributed by atoms with van der Waals surface area (Å²) in [5.41, 5.74) is 0.780. The molecule has 108 valence electrons. The van der Waals surface area contributed by atoms with Crippen molar-refractivity contribution in [3.05, 3.63) is 49.8 Å². The summed E-state index contributed by atoms with van der Waals surface area (Å²) in [5, 5.41) is 7.96. The van der Waals surface area contributed by atoms with Gasteiger partial charge in [0.25, 0.3) is 5.56 Å². The normalized spacial score (nSPS) is 11.0. The van der Waals surface area contributed by atoms with Gasteiger partial charge in [0.2, 0.25) is 0 Å². The molecule has 3 aromatic heterocycles. The summed E-state index contributed by atoms with van der Waals surface area (Å²) in [4.78, 5) is 24.1. The third-order valence-electron chi connectivity index (χ3n) is 2.89. The van der Waals surface area contributed by atoms with Crippen LogP contribution in [0.15, 0.2) is 29.5 Å². The largest absolute Gasteiger partial charge is 0.465 e. The number of thiophene rings is 1. The Bertz CT molecular complexity index is 882. The van der Waals surface area contributed by atoms with E-state index < -0.39 is 5.97 Å². The zero-order valence-electron chi connectivity index (χ0n) is 10.8.